The minimum absolute atomic E-state index is 0. The highest BCUT2D eigenvalue weighted by atomic mass is 16.3. The van der Waals surface area contributed by atoms with E-state index in [1.807, 2.05) is 18.2 Å². The van der Waals surface area contributed by atoms with Gasteiger partial charge in [0.25, 0.3) is 0 Å². The third-order valence-corrected chi connectivity index (χ3v) is 3.96. The molecule has 126 valence electrons. The van der Waals surface area contributed by atoms with E-state index in [1.54, 1.807) is 11.5 Å². The maximum Gasteiger partial charge on any atom is 0.348 e. The zero-order valence-corrected chi connectivity index (χ0v) is 13.4. The minimum Gasteiger partial charge on any atom is -0.504 e. The number of nitrogens with zero attached hydrogens (tertiary/aromatic N) is 2. The highest BCUT2D eigenvalue weighted by Crippen LogP contribution is 2.30. The number of benzene rings is 2. The molecule has 0 unspecified atom stereocenters. The Morgan fingerprint density at radius 1 is 1.08 bits per heavy atom. The summed E-state index contributed by atoms with van der Waals surface area (Å²) in [5.74, 6) is -0.448. The fourth-order valence-electron chi connectivity index (χ4n) is 2.75. The molecular formula is C18H20N2O4. The van der Waals surface area contributed by atoms with Gasteiger partial charge in [0.05, 0.1) is 11.2 Å². The van der Waals surface area contributed by atoms with Crippen LogP contribution in [0, 0.1) is 6.92 Å². The van der Waals surface area contributed by atoms with Gasteiger partial charge in [-0.3, -0.25) is 4.57 Å². The average molecular weight is 328 g/mol. The van der Waals surface area contributed by atoms with Crippen LogP contribution in [0.3, 0.4) is 0 Å². The Hall–Kier alpha value is -2.86. The van der Waals surface area contributed by atoms with Crippen molar-refractivity contribution < 1.29 is 15.7 Å². The molecule has 0 bridgehead atoms. The summed E-state index contributed by atoms with van der Waals surface area (Å²) in [7, 11) is 0. The predicted molar refractivity (Wildman–Crippen MR) is 92.4 cm³/mol. The first-order valence-corrected chi connectivity index (χ1v) is 7.53. The van der Waals surface area contributed by atoms with Crippen molar-refractivity contribution in [1.29, 1.82) is 0 Å². The maximum atomic E-state index is 12.2. The van der Waals surface area contributed by atoms with Crippen LogP contribution in [-0.2, 0) is 13.0 Å². The van der Waals surface area contributed by atoms with E-state index in [2.05, 4.69) is 17.1 Å². The first-order valence-electron chi connectivity index (χ1n) is 7.53. The van der Waals surface area contributed by atoms with Gasteiger partial charge in [0.2, 0.25) is 0 Å². The van der Waals surface area contributed by atoms with E-state index < -0.39 is 0 Å². The minimum atomic E-state index is -0.340. The highest BCUT2D eigenvalue weighted by molar-refractivity contribution is 5.84. The van der Waals surface area contributed by atoms with Crippen LogP contribution >= 0.6 is 0 Å². The second-order valence-corrected chi connectivity index (χ2v) is 5.58. The number of aromatic hydroxyl groups is 2. The van der Waals surface area contributed by atoms with Gasteiger partial charge in [-0.15, -0.1) is 0 Å². The van der Waals surface area contributed by atoms with Gasteiger partial charge in [-0.1, -0.05) is 30.3 Å². The first-order chi connectivity index (χ1) is 11.1. The van der Waals surface area contributed by atoms with Gasteiger partial charge in [0.1, 0.15) is 0 Å². The van der Waals surface area contributed by atoms with Gasteiger partial charge in [0.15, 0.2) is 11.5 Å². The molecule has 0 amide bonds. The predicted octanol–water partition coefficient (Wildman–Crippen LogP) is 1.92. The van der Waals surface area contributed by atoms with Crippen molar-refractivity contribution in [2.45, 2.75) is 26.3 Å². The van der Waals surface area contributed by atoms with Crippen molar-refractivity contribution in [3.8, 4) is 11.5 Å². The van der Waals surface area contributed by atoms with Crippen molar-refractivity contribution in [3.05, 3.63) is 64.2 Å². The Morgan fingerprint density at radius 2 is 1.75 bits per heavy atom. The molecule has 0 aliphatic carbocycles. The summed E-state index contributed by atoms with van der Waals surface area (Å²) in [6, 6.07) is 12.9. The second-order valence-electron chi connectivity index (χ2n) is 5.58. The maximum absolute atomic E-state index is 12.2. The van der Waals surface area contributed by atoms with Crippen LogP contribution in [0.5, 0.6) is 11.5 Å². The standard InChI is InChI=1S/C18H18N2O3.H2O/c1-12-14-10-16(21)17(22)11-15(14)20(18(23)19-12)9-5-8-13-6-3-2-4-7-13;/h2-4,6-7,10-11,21-22H,5,8-9H2,1H3;1H2. The summed E-state index contributed by atoms with van der Waals surface area (Å²) in [5.41, 5.74) is 2.00. The van der Waals surface area contributed by atoms with E-state index in [4.69, 9.17) is 0 Å². The van der Waals surface area contributed by atoms with E-state index in [-0.39, 0.29) is 22.7 Å². The monoisotopic (exact) mass is 328 g/mol. The number of phenols is 2. The first kappa shape index (κ1) is 17.5. The number of fused-ring (bicyclic) bond motifs is 1. The quantitative estimate of drug-likeness (QED) is 0.713. The van der Waals surface area contributed by atoms with Gasteiger partial charge < -0.3 is 15.7 Å². The van der Waals surface area contributed by atoms with Crippen LogP contribution in [0.2, 0.25) is 0 Å². The van der Waals surface area contributed by atoms with Gasteiger partial charge in [-0.2, -0.15) is 4.98 Å². The fraction of sp³-hybridized carbons (Fsp3) is 0.222. The van der Waals surface area contributed by atoms with Crippen molar-refractivity contribution in [1.82, 2.24) is 9.55 Å². The lowest BCUT2D eigenvalue weighted by atomic mass is 10.1. The van der Waals surface area contributed by atoms with Crippen molar-refractivity contribution in [2.75, 3.05) is 0 Å². The molecule has 0 saturated heterocycles. The zero-order chi connectivity index (χ0) is 16.4. The lowest BCUT2D eigenvalue weighted by Gasteiger charge is -2.12. The lowest BCUT2D eigenvalue weighted by Crippen LogP contribution is -2.24. The third-order valence-electron chi connectivity index (χ3n) is 3.96. The highest BCUT2D eigenvalue weighted by Gasteiger charge is 2.11. The molecule has 6 nitrogen and oxygen atoms in total. The largest absolute Gasteiger partial charge is 0.504 e. The Labute approximate surface area is 139 Å². The van der Waals surface area contributed by atoms with Gasteiger partial charge in [0, 0.05) is 18.0 Å². The summed E-state index contributed by atoms with van der Waals surface area (Å²) < 4.78 is 1.55. The molecule has 0 aliphatic rings. The molecule has 0 radical (unpaired) electrons. The molecule has 0 saturated carbocycles. The molecule has 24 heavy (non-hydrogen) atoms. The number of phenolic OH excluding ortho intramolecular Hbond substituents is 2. The number of rotatable bonds is 4. The molecule has 0 aliphatic heterocycles. The Balaban J connectivity index is 0.00000208. The fourth-order valence-corrected chi connectivity index (χ4v) is 2.75. The van der Waals surface area contributed by atoms with E-state index in [0.29, 0.717) is 23.1 Å². The SMILES string of the molecule is Cc1nc(=O)n(CCCc2ccccc2)c2cc(O)c(O)cc12.O. The number of hydrogen-bond acceptors (Lipinski definition) is 4. The van der Waals surface area contributed by atoms with Crippen LogP contribution in [0.1, 0.15) is 17.7 Å². The van der Waals surface area contributed by atoms with Crippen LogP contribution in [0.15, 0.2) is 47.3 Å². The summed E-state index contributed by atoms with van der Waals surface area (Å²) in [5, 5.41) is 20.1. The molecule has 0 atom stereocenters. The Bertz CT molecular complexity index is 904. The van der Waals surface area contributed by atoms with E-state index in [0.717, 1.165) is 12.8 Å². The Morgan fingerprint density at radius 3 is 2.46 bits per heavy atom. The van der Waals surface area contributed by atoms with E-state index >= 15 is 0 Å². The molecule has 2 aromatic carbocycles. The molecule has 6 heteroatoms. The van der Waals surface area contributed by atoms with Gasteiger partial charge in [-0.25, -0.2) is 4.79 Å². The zero-order valence-electron chi connectivity index (χ0n) is 13.4. The lowest BCUT2D eigenvalue weighted by molar-refractivity contribution is 0.404. The van der Waals surface area contributed by atoms with Gasteiger partial charge in [-0.05, 0) is 31.4 Å². The van der Waals surface area contributed by atoms with Crippen molar-refractivity contribution in [3.63, 3.8) is 0 Å². The van der Waals surface area contributed by atoms with Crippen LogP contribution in [0.25, 0.3) is 10.9 Å². The van der Waals surface area contributed by atoms with Crippen molar-refractivity contribution >= 4 is 10.9 Å². The van der Waals surface area contributed by atoms with Crippen molar-refractivity contribution in [2.24, 2.45) is 0 Å². The topological polar surface area (TPSA) is 107 Å². The Kier molecular flexibility index (Phi) is 5.21. The molecule has 4 N–H and O–H groups in total. The molecule has 1 heterocycles. The van der Waals surface area contributed by atoms with Crippen LogP contribution < -0.4 is 5.69 Å². The smallest absolute Gasteiger partial charge is 0.348 e. The van der Waals surface area contributed by atoms with E-state index in [1.165, 1.54) is 17.7 Å². The summed E-state index contributed by atoms with van der Waals surface area (Å²) in [6.45, 7) is 2.22. The van der Waals surface area contributed by atoms with Crippen LogP contribution in [0.4, 0.5) is 0 Å². The average Bonchev–Trinajstić information content (AvgIpc) is 2.53. The molecule has 0 fully saturated rings. The number of hydrogen-bond donors (Lipinski definition) is 2. The molecule has 3 rings (SSSR count). The number of aryl methyl sites for hydroxylation is 3. The normalized spacial score (nSPS) is 10.5. The number of aromatic nitrogens is 2. The van der Waals surface area contributed by atoms with E-state index in [9.17, 15) is 15.0 Å². The second kappa shape index (κ2) is 7.14. The summed E-state index contributed by atoms with van der Waals surface area (Å²) in [4.78, 5) is 16.2. The third kappa shape index (κ3) is 3.38. The summed E-state index contributed by atoms with van der Waals surface area (Å²) in [6.07, 6.45) is 1.64. The van der Waals surface area contributed by atoms with Gasteiger partial charge >= 0.3 is 5.69 Å². The van der Waals surface area contributed by atoms with Crippen LogP contribution in [-0.4, -0.2) is 25.2 Å². The molecule has 0 spiro atoms. The molecule has 1 aromatic heterocycles. The molecule has 3 aromatic rings. The molecular weight excluding hydrogens is 308 g/mol. The summed E-state index contributed by atoms with van der Waals surface area (Å²) >= 11 is 0.